The molecule has 1 aromatic rings. The van der Waals surface area contributed by atoms with Gasteiger partial charge in [0.05, 0.1) is 5.60 Å². The molecule has 0 aromatic carbocycles. The smallest absolute Gasteiger partial charge is 0.222 e. The lowest BCUT2D eigenvalue weighted by Crippen LogP contribution is -2.35. The molecule has 1 amide bonds. The summed E-state index contributed by atoms with van der Waals surface area (Å²) in [5, 5.41) is 9.98. The summed E-state index contributed by atoms with van der Waals surface area (Å²) in [6.45, 7) is 5.08. The average molecular weight is 262 g/mol. The predicted molar refractivity (Wildman–Crippen MR) is 73.5 cm³/mol. The first-order valence-electron chi connectivity index (χ1n) is 6.86. The number of aliphatic hydroxyl groups is 1. The number of rotatable bonds is 4. The molecule has 0 saturated carbocycles. The van der Waals surface area contributed by atoms with Gasteiger partial charge in [-0.05, 0) is 38.3 Å². The minimum Gasteiger partial charge on any atom is -0.390 e. The van der Waals surface area contributed by atoms with E-state index in [9.17, 15) is 9.90 Å². The summed E-state index contributed by atoms with van der Waals surface area (Å²) in [7, 11) is 0. The van der Waals surface area contributed by atoms with E-state index in [0.717, 1.165) is 24.9 Å². The number of hydrogen-bond donors (Lipinski definition) is 1. The number of likely N-dealkylation sites (tertiary alicyclic amines) is 1. The fourth-order valence-corrected chi connectivity index (χ4v) is 2.52. The van der Waals surface area contributed by atoms with Crippen molar-refractivity contribution in [2.24, 2.45) is 5.92 Å². The van der Waals surface area contributed by atoms with Crippen molar-refractivity contribution in [2.45, 2.75) is 38.7 Å². The minimum absolute atomic E-state index is 0.176. The number of aryl methyl sites for hydroxylation is 1. The Kier molecular flexibility index (Phi) is 4.20. The van der Waals surface area contributed by atoms with Gasteiger partial charge in [-0.25, -0.2) is 0 Å². The molecule has 19 heavy (non-hydrogen) atoms. The van der Waals surface area contributed by atoms with Gasteiger partial charge < -0.3 is 10.0 Å². The largest absolute Gasteiger partial charge is 0.390 e. The van der Waals surface area contributed by atoms with Crippen molar-refractivity contribution >= 4 is 5.91 Å². The minimum atomic E-state index is -0.696. The van der Waals surface area contributed by atoms with Gasteiger partial charge in [0.1, 0.15) is 0 Å². The van der Waals surface area contributed by atoms with Gasteiger partial charge >= 0.3 is 0 Å². The van der Waals surface area contributed by atoms with Gasteiger partial charge in [0, 0.05) is 37.8 Å². The molecular weight excluding hydrogens is 240 g/mol. The maximum Gasteiger partial charge on any atom is 0.222 e. The van der Waals surface area contributed by atoms with E-state index >= 15 is 0 Å². The molecule has 1 fully saturated rings. The van der Waals surface area contributed by atoms with Crippen molar-refractivity contribution in [3.8, 4) is 0 Å². The van der Waals surface area contributed by atoms with E-state index in [-0.39, 0.29) is 11.8 Å². The zero-order valence-electron chi connectivity index (χ0n) is 11.7. The summed E-state index contributed by atoms with van der Waals surface area (Å²) < 4.78 is 0. The van der Waals surface area contributed by atoms with E-state index in [1.807, 2.05) is 30.9 Å². The second-order valence-corrected chi connectivity index (χ2v) is 5.84. The zero-order chi connectivity index (χ0) is 13.9. The van der Waals surface area contributed by atoms with Crippen LogP contribution in [-0.2, 0) is 11.2 Å². The maximum atomic E-state index is 12.1. The molecule has 1 aliphatic heterocycles. The number of hydrogen-bond acceptors (Lipinski definition) is 3. The highest BCUT2D eigenvalue weighted by Gasteiger charge is 2.34. The van der Waals surface area contributed by atoms with Crippen LogP contribution in [-0.4, -0.2) is 39.6 Å². The third-order valence-corrected chi connectivity index (χ3v) is 3.89. The second-order valence-electron chi connectivity index (χ2n) is 5.84. The van der Waals surface area contributed by atoms with Crippen molar-refractivity contribution in [1.82, 2.24) is 9.88 Å². The van der Waals surface area contributed by atoms with Crippen LogP contribution in [0, 0.1) is 5.92 Å². The Bertz CT molecular complexity index is 426. The standard InChI is InChI=1S/C15H22N2O2/c1-15(2,19)13-7-9-17(11-13)14(18)6-5-12-4-3-8-16-10-12/h3-4,8,10,13,19H,5-7,9,11H2,1-2H3/t13-/m1/s1. The van der Waals surface area contributed by atoms with E-state index in [2.05, 4.69) is 4.98 Å². The fraction of sp³-hybridized carbons (Fsp3) is 0.600. The molecule has 0 spiro atoms. The molecule has 0 aliphatic carbocycles. The molecule has 0 bridgehead atoms. The molecule has 1 N–H and O–H groups in total. The van der Waals surface area contributed by atoms with Crippen molar-refractivity contribution in [1.29, 1.82) is 0 Å². The summed E-state index contributed by atoms with van der Waals surface area (Å²) in [5.41, 5.74) is 0.396. The molecule has 1 aliphatic rings. The number of nitrogens with zero attached hydrogens (tertiary/aromatic N) is 2. The van der Waals surface area contributed by atoms with Crippen LogP contribution < -0.4 is 0 Å². The molecular formula is C15H22N2O2. The van der Waals surface area contributed by atoms with Gasteiger partial charge in [-0.1, -0.05) is 6.07 Å². The SMILES string of the molecule is CC(C)(O)[C@@H]1CCN(C(=O)CCc2cccnc2)C1. The molecule has 1 saturated heterocycles. The van der Waals surface area contributed by atoms with Crippen LogP contribution in [0.1, 0.15) is 32.3 Å². The van der Waals surface area contributed by atoms with E-state index in [0.29, 0.717) is 13.0 Å². The first-order chi connectivity index (χ1) is 8.97. The van der Waals surface area contributed by atoms with Crippen LogP contribution in [0.3, 0.4) is 0 Å². The molecule has 1 aromatic heterocycles. The van der Waals surface area contributed by atoms with Gasteiger partial charge in [-0.2, -0.15) is 0 Å². The lowest BCUT2D eigenvalue weighted by atomic mass is 9.90. The van der Waals surface area contributed by atoms with E-state index < -0.39 is 5.60 Å². The predicted octanol–water partition coefficient (Wildman–Crippen LogP) is 1.63. The van der Waals surface area contributed by atoms with Crippen molar-refractivity contribution in [3.63, 3.8) is 0 Å². The highest BCUT2D eigenvalue weighted by Crippen LogP contribution is 2.27. The Labute approximate surface area is 114 Å². The Morgan fingerprint density at radius 3 is 2.95 bits per heavy atom. The quantitative estimate of drug-likeness (QED) is 0.897. The highest BCUT2D eigenvalue weighted by atomic mass is 16.3. The Morgan fingerprint density at radius 2 is 2.37 bits per heavy atom. The lowest BCUT2D eigenvalue weighted by Gasteiger charge is -2.25. The van der Waals surface area contributed by atoms with Crippen molar-refractivity contribution < 1.29 is 9.90 Å². The highest BCUT2D eigenvalue weighted by molar-refractivity contribution is 5.76. The van der Waals surface area contributed by atoms with Crippen molar-refractivity contribution in [3.05, 3.63) is 30.1 Å². The number of carbonyl (C=O) groups excluding carboxylic acids is 1. The van der Waals surface area contributed by atoms with Gasteiger partial charge in [-0.3, -0.25) is 9.78 Å². The monoisotopic (exact) mass is 262 g/mol. The lowest BCUT2D eigenvalue weighted by molar-refractivity contribution is -0.130. The number of carbonyl (C=O) groups is 1. The molecule has 4 nitrogen and oxygen atoms in total. The maximum absolute atomic E-state index is 12.1. The Balaban J connectivity index is 1.82. The summed E-state index contributed by atoms with van der Waals surface area (Å²) in [4.78, 5) is 18.0. The Hall–Kier alpha value is -1.42. The van der Waals surface area contributed by atoms with E-state index in [1.54, 1.807) is 12.4 Å². The summed E-state index contributed by atoms with van der Waals surface area (Å²) >= 11 is 0. The Morgan fingerprint density at radius 1 is 1.58 bits per heavy atom. The summed E-state index contributed by atoms with van der Waals surface area (Å²) in [6, 6.07) is 3.88. The van der Waals surface area contributed by atoms with E-state index in [1.165, 1.54) is 0 Å². The van der Waals surface area contributed by atoms with Crippen LogP contribution in [0.25, 0.3) is 0 Å². The van der Waals surface area contributed by atoms with Gasteiger partial charge in [0.2, 0.25) is 5.91 Å². The first kappa shape index (κ1) is 14.0. The molecule has 0 radical (unpaired) electrons. The van der Waals surface area contributed by atoms with Gasteiger partial charge in [0.15, 0.2) is 0 Å². The van der Waals surface area contributed by atoms with Crippen LogP contribution in [0.15, 0.2) is 24.5 Å². The van der Waals surface area contributed by atoms with Crippen LogP contribution >= 0.6 is 0 Å². The van der Waals surface area contributed by atoms with Crippen LogP contribution in [0.2, 0.25) is 0 Å². The number of aromatic nitrogens is 1. The third-order valence-electron chi connectivity index (χ3n) is 3.89. The molecule has 1 atom stereocenters. The topological polar surface area (TPSA) is 53.4 Å². The molecule has 104 valence electrons. The van der Waals surface area contributed by atoms with Crippen LogP contribution in [0.5, 0.6) is 0 Å². The van der Waals surface area contributed by atoms with Gasteiger partial charge in [-0.15, -0.1) is 0 Å². The van der Waals surface area contributed by atoms with Gasteiger partial charge in [0.25, 0.3) is 0 Å². The summed E-state index contributed by atoms with van der Waals surface area (Å²) in [6.07, 6.45) is 5.68. The van der Waals surface area contributed by atoms with E-state index in [4.69, 9.17) is 0 Å². The average Bonchev–Trinajstić information content (AvgIpc) is 2.87. The second kappa shape index (κ2) is 5.70. The normalized spacial score (nSPS) is 19.7. The third kappa shape index (κ3) is 3.77. The molecule has 0 unspecified atom stereocenters. The first-order valence-corrected chi connectivity index (χ1v) is 6.86. The summed E-state index contributed by atoms with van der Waals surface area (Å²) in [5.74, 6) is 0.366. The van der Waals surface area contributed by atoms with Crippen molar-refractivity contribution in [2.75, 3.05) is 13.1 Å². The number of pyridine rings is 1. The molecule has 2 rings (SSSR count). The molecule has 2 heterocycles. The molecule has 4 heteroatoms. The van der Waals surface area contributed by atoms with Crippen LogP contribution in [0.4, 0.5) is 0 Å². The number of amides is 1. The fourth-order valence-electron chi connectivity index (χ4n) is 2.52. The zero-order valence-corrected chi connectivity index (χ0v) is 11.7.